The summed E-state index contributed by atoms with van der Waals surface area (Å²) in [5, 5.41) is 12.0. The first-order chi connectivity index (χ1) is 15.4. The predicted octanol–water partition coefficient (Wildman–Crippen LogP) is 6.32. The molecule has 0 aliphatic carbocycles. The Labute approximate surface area is 202 Å². The molecule has 1 fully saturated rings. The Morgan fingerprint density at radius 3 is 2.34 bits per heavy atom. The molecule has 0 bridgehead atoms. The van der Waals surface area contributed by atoms with Crippen LogP contribution in [0, 0.1) is 0 Å². The summed E-state index contributed by atoms with van der Waals surface area (Å²) < 4.78 is 3.22. The minimum atomic E-state index is -0.759. The molecule has 4 nitrogen and oxygen atoms in total. The molecule has 0 radical (unpaired) electrons. The van der Waals surface area contributed by atoms with Crippen LogP contribution in [-0.2, 0) is 6.42 Å². The van der Waals surface area contributed by atoms with Gasteiger partial charge in [-0.15, -0.1) is 0 Å². The number of anilines is 1. The Kier molecular flexibility index (Phi) is 7.31. The third kappa shape index (κ3) is 5.59. The Bertz CT molecular complexity index is 1070. The van der Waals surface area contributed by atoms with Gasteiger partial charge in [0, 0.05) is 35.7 Å². The van der Waals surface area contributed by atoms with Crippen molar-refractivity contribution in [3.63, 3.8) is 0 Å². The van der Waals surface area contributed by atoms with E-state index < -0.39 is 5.60 Å². The van der Waals surface area contributed by atoms with Gasteiger partial charge in [-0.05, 0) is 66.8 Å². The van der Waals surface area contributed by atoms with Crippen LogP contribution in [0.2, 0.25) is 10.0 Å². The number of nitrogens with zero attached hydrogens (tertiary/aromatic N) is 1. The molecule has 166 valence electrons. The smallest absolute Gasteiger partial charge is 0.253 e. The van der Waals surface area contributed by atoms with Gasteiger partial charge in [0.1, 0.15) is 0 Å². The molecule has 32 heavy (non-hydrogen) atoms. The number of nitrogens with one attached hydrogen (secondary N) is 1. The van der Waals surface area contributed by atoms with Crippen LogP contribution in [0.5, 0.6) is 0 Å². The van der Waals surface area contributed by atoms with Crippen molar-refractivity contribution in [1.29, 1.82) is 0 Å². The number of likely N-dealkylation sites (tertiary alicyclic amines) is 1. The molecule has 3 aromatic rings. The second-order valence-corrected chi connectivity index (χ2v) is 9.65. The highest BCUT2D eigenvalue weighted by Gasteiger charge is 2.34. The van der Waals surface area contributed by atoms with Crippen LogP contribution >= 0.6 is 35.1 Å². The lowest BCUT2D eigenvalue weighted by Gasteiger charge is -2.38. The van der Waals surface area contributed by atoms with Gasteiger partial charge in [0.25, 0.3) is 5.91 Å². The van der Waals surface area contributed by atoms with Crippen molar-refractivity contribution in [1.82, 2.24) is 4.90 Å². The monoisotopic (exact) mass is 486 g/mol. The van der Waals surface area contributed by atoms with Gasteiger partial charge in [-0.2, -0.15) is 0 Å². The predicted molar refractivity (Wildman–Crippen MR) is 133 cm³/mol. The molecule has 3 aromatic carbocycles. The summed E-state index contributed by atoms with van der Waals surface area (Å²) in [6.45, 7) is 1.09. The zero-order valence-electron chi connectivity index (χ0n) is 17.4. The second kappa shape index (κ2) is 10.2. The third-order valence-corrected chi connectivity index (χ3v) is 7.51. The summed E-state index contributed by atoms with van der Waals surface area (Å²) >= 11 is 13.6. The van der Waals surface area contributed by atoms with Gasteiger partial charge in [-0.1, -0.05) is 59.6 Å². The molecule has 1 heterocycles. The van der Waals surface area contributed by atoms with Crippen molar-refractivity contribution >= 4 is 46.7 Å². The van der Waals surface area contributed by atoms with Gasteiger partial charge < -0.3 is 14.7 Å². The van der Waals surface area contributed by atoms with Crippen LogP contribution in [-0.4, -0.2) is 34.6 Å². The lowest BCUT2D eigenvalue weighted by atomic mass is 9.85. The highest BCUT2D eigenvalue weighted by molar-refractivity contribution is 8.00. The normalized spacial score (nSPS) is 15.4. The highest BCUT2D eigenvalue weighted by Crippen LogP contribution is 2.33. The average molecular weight is 487 g/mol. The van der Waals surface area contributed by atoms with E-state index in [1.807, 2.05) is 71.6 Å². The summed E-state index contributed by atoms with van der Waals surface area (Å²) in [6, 6.07) is 22.9. The summed E-state index contributed by atoms with van der Waals surface area (Å²) in [5.74, 6) is -0.0103. The zero-order valence-corrected chi connectivity index (χ0v) is 19.8. The Balaban J connectivity index is 1.31. The summed E-state index contributed by atoms with van der Waals surface area (Å²) in [5.41, 5.74) is 1.85. The van der Waals surface area contributed by atoms with Crippen molar-refractivity contribution in [3.05, 3.63) is 94.0 Å². The molecule has 0 saturated carbocycles. The molecule has 1 saturated heterocycles. The van der Waals surface area contributed by atoms with E-state index in [0.29, 0.717) is 48.0 Å². The lowest BCUT2D eigenvalue weighted by Crippen LogP contribution is -2.47. The Morgan fingerprint density at radius 1 is 0.969 bits per heavy atom. The van der Waals surface area contributed by atoms with Crippen LogP contribution in [0.1, 0.15) is 28.8 Å². The van der Waals surface area contributed by atoms with Gasteiger partial charge in [0.15, 0.2) is 0 Å². The van der Waals surface area contributed by atoms with Crippen LogP contribution in [0.4, 0.5) is 5.69 Å². The summed E-state index contributed by atoms with van der Waals surface area (Å²) in [6.07, 6.45) is 1.76. The number of benzene rings is 3. The minimum absolute atomic E-state index is 0.0103. The van der Waals surface area contributed by atoms with Crippen molar-refractivity contribution in [2.24, 2.45) is 0 Å². The van der Waals surface area contributed by atoms with E-state index in [9.17, 15) is 9.90 Å². The quantitative estimate of drug-likeness (QED) is 0.400. The molecule has 1 amide bonds. The molecule has 0 atom stereocenters. The van der Waals surface area contributed by atoms with E-state index in [2.05, 4.69) is 4.72 Å². The summed E-state index contributed by atoms with van der Waals surface area (Å²) in [7, 11) is 0. The Hall–Kier alpha value is -2.18. The zero-order chi connectivity index (χ0) is 22.6. The minimum Gasteiger partial charge on any atom is -0.389 e. The molecule has 1 aliphatic rings. The first-order valence-corrected chi connectivity index (χ1v) is 12.0. The fourth-order valence-corrected chi connectivity index (χ4v) is 5.00. The molecule has 1 aliphatic heterocycles. The molecule has 2 N–H and O–H groups in total. The van der Waals surface area contributed by atoms with Crippen LogP contribution in [0.25, 0.3) is 0 Å². The maximum Gasteiger partial charge on any atom is 0.253 e. The number of aliphatic hydroxyl groups is 1. The van der Waals surface area contributed by atoms with E-state index in [1.165, 1.54) is 11.9 Å². The van der Waals surface area contributed by atoms with Crippen LogP contribution in [0.3, 0.4) is 0 Å². The fourth-order valence-electron chi connectivity index (χ4n) is 3.82. The topological polar surface area (TPSA) is 52.6 Å². The molecule has 7 heteroatoms. The number of hydrogen-bond donors (Lipinski definition) is 2. The molecule has 0 aromatic heterocycles. The molecule has 0 spiro atoms. The van der Waals surface area contributed by atoms with Gasteiger partial charge in [0.2, 0.25) is 0 Å². The molecular weight excluding hydrogens is 463 g/mol. The van der Waals surface area contributed by atoms with Crippen LogP contribution < -0.4 is 4.72 Å². The average Bonchev–Trinajstić information content (AvgIpc) is 2.81. The number of rotatable bonds is 6. The van der Waals surface area contributed by atoms with Gasteiger partial charge in [-0.3, -0.25) is 4.79 Å². The number of halogens is 2. The molecule has 0 unspecified atom stereocenters. The number of piperidine rings is 1. The van der Waals surface area contributed by atoms with Crippen molar-refractivity contribution in [2.75, 3.05) is 17.8 Å². The first-order valence-electron chi connectivity index (χ1n) is 10.5. The van der Waals surface area contributed by atoms with Crippen molar-refractivity contribution in [2.45, 2.75) is 29.8 Å². The summed E-state index contributed by atoms with van der Waals surface area (Å²) in [4.78, 5) is 15.6. The number of hydrogen-bond acceptors (Lipinski definition) is 4. The van der Waals surface area contributed by atoms with Gasteiger partial charge >= 0.3 is 0 Å². The van der Waals surface area contributed by atoms with E-state index in [0.717, 1.165) is 16.1 Å². The van der Waals surface area contributed by atoms with Gasteiger partial charge in [0.05, 0.1) is 15.6 Å². The largest absolute Gasteiger partial charge is 0.389 e. The number of carbonyl (C=O) groups is 1. The standard InChI is InChI=1S/C25H24Cl2N2O2S/c26-21-7-4-8-22(23(21)27)32-28-20-11-9-19(10-12-20)24(30)29-15-13-25(31,14-16-29)17-18-5-2-1-3-6-18/h1-12,28,31H,13-17H2. The van der Waals surface area contributed by atoms with E-state index in [-0.39, 0.29) is 5.91 Å². The van der Waals surface area contributed by atoms with E-state index in [1.54, 1.807) is 6.07 Å². The highest BCUT2D eigenvalue weighted by atomic mass is 35.5. The van der Waals surface area contributed by atoms with E-state index >= 15 is 0 Å². The van der Waals surface area contributed by atoms with Crippen molar-refractivity contribution in [3.8, 4) is 0 Å². The SMILES string of the molecule is O=C(c1ccc(NSc2cccc(Cl)c2Cl)cc1)N1CCC(O)(Cc2ccccc2)CC1. The second-order valence-electron chi connectivity index (χ2n) is 8.01. The van der Waals surface area contributed by atoms with E-state index in [4.69, 9.17) is 23.2 Å². The van der Waals surface area contributed by atoms with Gasteiger partial charge in [-0.25, -0.2) is 0 Å². The number of carbonyl (C=O) groups excluding carboxylic acids is 1. The maximum atomic E-state index is 12.9. The molecule has 4 rings (SSSR count). The Morgan fingerprint density at radius 2 is 1.66 bits per heavy atom. The fraction of sp³-hybridized carbons (Fsp3) is 0.240. The maximum absolute atomic E-state index is 12.9. The first kappa shape index (κ1) is 23.0. The lowest BCUT2D eigenvalue weighted by molar-refractivity contribution is -0.0162. The van der Waals surface area contributed by atoms with Crippen molar-refractivity contribution < 1.29 is 9.90 Å². The molecular formula is C25H24Cl2N2O2S. The number of amides is 1. The van der Waals surface area contributed by atoms with Crippen LogP contribution in [0.15, 0.2) is 77.7 Å². The third-order valence-electron chi connectivity index (χ3n) is 5.68.